The molecule has 1 amide bonds. The van der Waals surface area contributed by atoms with Gasteiger partial charge in [-0.2, -0.15) is 4.31 Å². The number of carbonyl (C=O) groups excluding carboxylic acids is 1. The highest BCUT2D eigenvalue weighted by Gasteiger charge is 2.44. The number of carbonyl (C=O) groups is 1. The van der Waals surface area contributed by atoms with Gasteiger partial charge in [-0.25, -0.2) is 8.42 Å². The smallest absolute Gasteiger partial charge is 0.241 e. The molecule has 0 aromatic carbocycles. The van der Waals surface area contributed by atoms with Crippen LogP contribution in [-0.4, -0.2) is 66.2 Å². The minimum Gasteiger partial charge on any atom is -0.386 e. The highest BCUT2D eigenvalue weighted by Crippen LogP contribution is 2.26. The first-order valence-corrected chi connectivity index (χ1v) is 8.03. The van der Waals surface area contributed by atoms with Crippen LogP contribution in [0.3, 0.4) is 0 Å². The van der Waals surface area contributed by atoms with Crippen molar-refractivity contribution in [2.75, 3.05) is 25.9 Å². The lowest BCUT2D eigenvalue weighted by Crippen LogP contribution is -2.65. The molecule has 0 aromatic rings. The van der Waals surface area contributed by atoms with Crippen molar-refractivity contribution < 1.29 is 18.3 Å². The summed E-state index contributed by atoms with van der Waals surface area (Å²) in [4.78, 5) is 13.8. The lowest BCUT2D eigenvalue weighted by molar-refractivity contribution is -0.157. The molecule has 0 radical (unpaired) electrons. The van der Waals surface area contributed by atoms with Crippen molar-refractivity contribution in [1.82, 2.24) is 9.21 Å². The molecule has 6 nitrogen and oxygen atoms in total. The van der Waals surface area contributed by atoms with Gasteiger partial charge in [-0.05, 0) is 19.8 Å². The van der Waals surface area contributed by atoms with E-state index in [-0.39, 0.29) is 5.91 Å². The number of piperidine rings is 1. The minimum atomic E-state index is -3.34. The minimum absolute atomic E-state index is 0.174. The number of hydrogen-bond acceptors (Lipinski definition) is 4. The average Bonchev–Trinajstić information content (AvgIpc) is 2.23. The van der Waals surface area contributed by atoms with Crippen molar-refractivity contribution >= 4 is 15.9 Å². The summed E-state index contributed by atoms with van der Waals surface area (Å²) in [5.74, 6) is -0.174. The average molecular weight is 276 g/mol. The van der Waals surface area contributed by atoms with E-state index in [2.05, 4.69) is 0 Å². The third-order valence-electron chi connectivity index (χ3n) is 3.54. The van der Waals surface area contributed by atoms with Gasteiger partial charge in [-0.15, -0.1) is 0 Å². The fourth-order valence-electron chi connectivity index (χ4n) is 2.69. The van der Waals surface area contributed by atoms with Gasteiger partial charge in [0.1, 0.15) is 6.04 Å². The van der Waals surface area contributed by atoms with Crippen LogP contribution in [0.15, 0.2) is 0 Å². The van der Waals surface area contributed by atoms with Crippen LogP contribution in [0, 0.1) is 0 Å². The molecule has 104 valence electrons. The van der Waals surface area contributed by atoms with E-state index in [0.29, 0.717) is 26.1 Å². The molecule has 18 heavy (non-hydrogen) atoms. The second-order valence-electron chi connectivity index (χ2n) is 5.58. The van der Waals surface area contributed by atoms with Crippen molar-refractivity contribution in [1.29, 1.82) is 0 Å². The lowest BCUT2D eigenvalue weighted by Gasteiger charge is -2.47. The number of sulfonamides is 1. The molecular formula is C11H20N2O4S. The Morgan fingerprint density at radius 1 is 1.33 bits per heavy atom. The van der Waals surface area contributed by atoms with E-state index < -0.39 is 21.7 Å². The van der Waals surface area contributed by atoms with Crippen LogP contribution in [-0.2, 0) is 14.8 Å². The Labute approximate surface area is 108 Å². The summed E-state index contributed by atoms with van der Waals surface area (Å²) >= 11 is 0. The quantitative estimate of drug-likeness (QED) is 0.730. The molecule has 2 fully saturated rings. The zero-order valence-electron chi connectivity index (χ0n) is 10.8. The van der Waals surface area contributed by atoms with Crippen LogP contribution in [0.1, 0.15) is 26.2 Å². The van der Waals surface area contributed by atoms with Gasteiger partial charge in [0.15, 0.2) is 0 Å². The highest BCUT2D eigenvalue weighted by atomic mass is 32.2. The maximum atomic E-state index is 12.2. The van der Waals surface area contributed by atoms with Crippen molar-refractivity contribution in [3.63, 3.8) is 0 Å². The normalized spacial score (nSPS) is 28.8. The second kappa shape index (κ2) is 4.47. The Morgan fingerprint density at radius 2 is 1.94 bits per heavy atom. The molecule has 1 unspecified atom stereocenters. The predicted molar refractivity (Wildman–Crippen MR) is 66.4 cm³/mol. The standard InChI is InChI=1S/C11H20N2O4S/c1-11(15)7-12(8-11)10(14)9-5-3-4-6-13(9)18(2,16)17/h9,15H,3-8H2,1-2H3. The SMILES string of the molecule is CC1(O)CN(C(=O)C2CCCCN2S(C)(=O)=O)C1. The first-order chi connectivity index (χ1) is 8.21. The molecular weight excluding hydrogens is 256 g/mol. The Balaban J connectivity index is 2.08. The summed E-state index contributed by atoms with van der Waals surface area (Å²) in [6.45, 7) is 2.67. The maximum Gasteiger partial charge on any atom is 0.241 e. The van der Waals surface area contributed by atoms with Crippen molar-refractivity contribution in [2.24, 2.45) is 0 Å². The van der Waals surface area contributed by atoms with E-state index in [1.165, 1.54) is 9.21 Å². The number of aliphatic hydroxyl groups is 1. The van der Waals surface area contributed by atoms with E-state index in [1.807, 2.05) is 0 Å². The van der Waals surface area contributed by atoms with Gasteiger partial charge in [0, 0.05) is 6.54 Å². The third kappa shape index (κ3) is 2.67. The summed E-state index contributed by atoms with van der Waals surface area (Å²) in [7, 11) is -3.34. The van der Waals surface area contributed by atoms with Crippen molar-refractivity contribution in [2.45, 2.75) is 37.8 Å². The van der Waals surface area contributed by atoms with Crippen molar-refractivity contribution in [3.05, 3.63) is 0 Å². The Morgan fingerprint density at radius 3 is 2.44 bits per heavy atom. The van der Waals surface area contributed by atoms with Gasteiger partial charge < -0.3 is 10.0 Å². The molecule has 0 saturated carbocycles. The van der Waals surface area contributed by atoms with E-state index in [0.717, 1.165) is 19.1 Å². The third-order valence-corrected chi connectivity index (χ3v) is 4.83. The Kier molecular flexibility index (Phi) is 3.42. The molecule has 2 heterocycles. The molecule has 2 aliphatic rings. The first-order valence-electron chi connectivity index (χ1n) is 6.19. The number of amides is 1. The molecule has 0 aromatic heterocycles. The number of likely N-dealkylation sites (tertiary alicyclic amines) is 1. The van der Waals surface area contributed by atoms with Gasteiger partial charge in [-0.1, -0.05) is 6.42 Å². The summed E-state index contributed by atoms with van der Waals surface area (Å²) < 4.78 is 24.6. The summed E-state index contributed by atoms with van der Waals surface area (Å²) in [5.41, 5.74) is -0.819. The summed E-state index contributed by atoms with van der Waals surface area (Å²) in [6.07, 6.45) is 3.39. The Hall–Kier alpha value is -0.660. The topological polar surface area (TPSA) is 77.9 Å². The van der Waals surface area contributed by atoms with E-state index in [4.69, 9.17) is 0 Å². The molecule has 0 spiro atoms. The van der Waals surface area contributed by atoms with Gasteiger partial charge >= 0.3 is 0 Å². The van der Waals surface area contributed by atoms with Crippen LogP contribution in [0.2, 0.25) is 0 Å². The lowest BCUT2D eigenvalue weighted by atomic mass is 9.94. The highest BCUT2D eigenvalue weighted by molar-refractivity contribution is 7.88. The molecule has 2 rings (SSSR count). The number of hydrogen-bond donors (Lipinski definition) is 1. The molecule has 1 atom stereocenters. The monoisotopic (exact) mass is 276 g/mol. The number of rotatable bonds is 2. The zero-order valence-corrected chi connectivity index (χ0v) is 11.6. The fourth-order valence-corrected chi connectivity index (χ4v) is 3.81. The van der Waals surface area contributed by atoms with E-state index >= 15 is 0 Å². The predicted octanol–water partition coefficient (Wildman–Crippen LogP) is -0.606. The Bertz CT molecular complexity index is 438. The van der Waals surface area contributed by atoms with Crippen LogP contribution in [0.5, 0.6) is 0 Å². The van der Waals surface area contributed by atoms with Gasteiger partial charge in [-0.3, -0.25) is 4.79 Å². The number of nitrogens with zero attached hydrogens (tertiary/aromatic N) is 2. The largest absolute Gasteiger partial charge is 0.386 e. The van der Waals surface area contributed by atoms with E-state index in [1.54, 1.807) is 6.92 Å². The number of β-amino-alcohol motifs (C(OH)–C–C–N with tert-alkyl or cyclic N) is 1. The van der Waals surface area contributed by atoms with Crippen LogP contribution < -0.4 is 0 Å². The van der Waals surface area contributed by atoms with Gasteiger partial charge in [0.05, 0.1) is 24.9 Å². The summed E-state index contributed by atoms with van der Waals surface area (Å²) in [5, 5.41) is 9.63. The fraction of sp³-hybridized carbons (Fsp3) is 0.909. The van der Waals surface area contributed by atoms with Gasteiger partial charge in [0.25, 0.3) is 0 Å². The molecule has 0 bridgehead atoms. The zero-order chi connectivity index (χ0) is 13.6. The van der Waals surface area contributed by atoms with Crippen LogP contribution >= 0.6 is 0 Å². The molecule has 2 aliphatic heterocycles. The maximum absolute atomic E-state index is 12.2. The van der Waals surface area contributed by atoms with Gasteiger partial charge in [0.2, 0.25) is 15.9 Å². The molecule has 7 heteroatoms. The first kappa shape index (κ1) is 13.8. The van der Waals surface area contributed by atoms with Crippen LogP contribution in [0.4, 0.5) is 0 Å². The van der Waals surface area contributed by atoms with Crippen molar-refractivity contribution in [3.8, 4) is 0 Å². The van der Waals surface area contributed by atoms with Crippen LogP contribution in [0.25, 0.3) is 0 Å². The molecule has 1 N–H and O–H groups in total. The van der Waals surface area contributed by atoms with E-state index in [9.17, 15) is 18.3 Å². The second-order valence-corrected chi connectivity index (χ2v) is 7.51. The summed E-state index contributed by atoms with van der Waals surface area (Å²) in [6, 6.07) is -0.579. The molecule has 2 saturated heterocycles. The molecule has 0 aliphatic carbocycles.